The van der Waals surface area contributed by atoms with E-state index in [1.807, 2.05) is 0 Å². The zero-order valence-corrected chi connectivity index (χ0v) is 10.2. The lowest BCUT2D eigenvalue weighted by molar-refractivity contribution is -0.525. The Balaban J connectivity index is 6.13. The van der Waals surface area contributed by atoms with Gasteiger partial charge in [-0.1, -0.05) is 0 Å². The Morgan fingerprint density at radius 1 is 0.708 bits per heavy atom. The second kappa shape index (κ2) is 6.18. The largest absolute Gasteiger partial charge is 0.483 e. The summed E-state index contributed by atoms with van der Waals surface area (Å²) in [5, 5.41) is 7.87. The molecule has 0 aromatic rings. The Hall–Kier alpha value is -1.92. The molecule has 0 saturated carbocycles. The molecule has 0 amide bonds. The van der Waals surface area contributed by atoms with Gasteiger partial charge < -0.3 is 4.74 Å². The predicted octanol–water partition coefficient (Wildman–Crippen LogP) is 4.63. The zero-order valence-electron chi connectivity index (χ0n) is 10.2. The number of ether oxygens (including phenoxy) is 2. The molecule has 0 fully saturated rings. The lowest BCUT2D eigenvalue weighted by Gasteiger charge is -2.35. The number of hydrogen-bond acceptors (Lipinski definition) is 3. The molecule has 0 aliphatic carbocycles. The molecule has 0 spiro atoms. The van der Waals surface area contributed by atoms with Gasteiger partial charge in [-0.25, -0.2) is 0 Å². The van der Waals surface area contributed by atoms with Crippen LogP contribution in [0.15, 0.2) is 11.8 Å². The summed E-state index contributed by atoms with van der Waals surface area (Å²) in [5.74, 6) is -10.2. The maximum absolute atomic E-state index is 13.3. The second-order valence-electron chi connectivity index (χ2n) is 3.53. The van der Waals surface area contributed by atoms with E-state index in [1.54, 1.807) is 4.74 Å². The van der Waals surface area contributed by atoms with Crippen LogP contribution in [0.1, 0.15) is 0 Å². The molecular weight excluding hydrogens is 389 g/mol. The molecule has 140 valence electrons. The van der Waals surface area contributed by atoms with Crippen molar-refractivity contribution in [2.24, 2.45) is 0 Å². The Labute approximate surface area is 121 Å². The molecule has 0 N–H and O–H groups in total. The van der Waals surface area contributed by atoms with E-state index in [2.05, 4.69) is 4.74 Å². The fourth-order valence-electron chi connectivity index (χ4n) is 0.814. The Bertz CT molecular complexity index is 538. The first-order valence-corrected chi connectivity index (χ1v) is 4.75. The molecule has 0 saturated heterocycles. The number of halogens is 13. The average molecular weight is 389 g/mol. The quantitative estimate of drug-likeness (QED) is 0.391. The summed E-state index contributed by atoms with van der Waals surface area (Å²) < 4.78 is 163. The van der Waals surface area contributed by atoms with Crippen molar-refractivity contribution in [1.82, 2.24) is 0 Å². The smallest absolute Gasteiger partial charge is 0.411 e. The van der Waals surface area contributed by atoms with E-state index in [9.17, 15) is 57.1 Å². The fourth-order valence-corrected chi connectivity index (χ4v) is 0.814. The minimum atomic E-state index is -7.33. The SMILES string of the molecule is N#CC(OC(F)(F)C(F)(OC(F)(F)C(F)(F)F)C(F)(F)F)=C(F)F. The van der Waals surface area contributed by atoms with Crippen molar-refractivity contribution in [3.63, 3.8) is 0 Å². The molecule has 0 rings (SSSR count). The first-order chi connectivity index (χ1) is 10.3. The van der Waals surface area contributed by atoms with Crippen molar-refractivity contribution < 1.29 is 66.5 Å². The van der Waals surface area contributed by atoms with Gasteiger partial charge in [-0.05, 0) is 0 Å². The van der Waals surface area contributed by atoms with Crippen LogP contribution in [-0.4, -0.2) is 30.4 Å². The van der Waals surface area contributed by atoms with Gasteiger partial charge in [0.25, 0.3) is 5.76 Å². The summed E-state index contributed by atoms with van der Waals surface area (Å²) in [5.41, 5.74) is 0. The highest BCUT2D eigenvalue weighted by Gasteiger charge is 2.81. The van der Waals surface area contributed by atoms with Crippen LogP contribution in [0.25, 0.3) is 0 Å². The van der Waals surface area contributed by atoms with Gasteiger partial charge in [0.2, 0.25) is 0 Å². The van der Waals surface area contributed by atoms with Crippen LogP contribution in [-0.2, 0) is 9.47 Å². The fraction of sp³-hybridized carbons (Fsp3) is 0.625. The van der Waals surface area contributed by atoms with Crippen molar-refractivity contribution >= 4 is 0 Å². The third-order valence-electron chi connectivity index (χ3n) is 1.84. The molecule has 0 aromatic heterocycles. The minimum absolute atomic E-state index is 0.00233. The van der Waals surface area contributed by atoms with Crippen molar-refractivity contribution in [1.29, 1.82) is 5.26 Å². The first-order valence-electron chi connectivity index (χ1n) is 4.75. The van der Waals surface area contributed by atoms with E-state index in [0.29, 0.717) is 0 Å². The summed E-state index contributed by atoms with van der Waals surface area (Å²) in [4.78, 5) is 0. The van der Waals surface area contributed by atoms with Crippen LogP contribution in [0.3, 0.4) is 0 Å². The second-order valence-corrected chi connectivity index (χ2v) is 3.53. The summed E-state index contributed by atoms with van der Waals surface area (Å²) in [6.07, 6.45) is -32.0. The number of hydrogen-bond donors (Lipinski definition) is 0. The van der Waals surface area contributed by atoms with Crippen LogP contribution in [0.4, 0.5) is 57.1 Å². The van der Waals surface area contributed by atoms with Gasteiger partial charge in [0.1, 0.15) is 6.07 Å². The highest BCUT2D eigenvalue weighted by molar-refractivity contribution is 5.14. The van der Waals surface area contributed by atoms with E-state index in [1.165, 1.54) is 0 Å². The average Bonchev–Trinajstić information content (AvgIpc) is 2.31. The van der Waals surface area contributed by atoms with Gasteiger partial charge in [0.05, 0.1) is 0 Å². The maximum atomic E-state index is 13.3. The molecule has 0 bridgehead atoms. The highest BCUT2D eigenvalue weighted by atomic mass is 19.4. The molecule has 0 aliphatic heterocycles. The number of alkyl halides is 11. The summed E-state index contributed by atoms with van der Waals surface area (Å²) >= 11 is 0. The molecule has 1 unspecified atom stereocenters. The topological polar surface area (TPSA) is 42.2 Å². The number of nitriles is 1. The normalized spacial score (nSPS) is 16.2. The van der Waals surface area contributed by atoms with Crippen LogP contribution in [0.5, 0.6) is 0 Å². The van der Waals surface area contributed by atoms with Crippen LogP contribution < -0.4 is 0 Å². The van der Waals surface area contributed by atoms with E-state index < -0.39 is 42.3 Å². The molecule has 24 heavy (non-hydrogen) atoms. The third kappa shape index (κ3) is 4.13. The highest BCUT2D eigenvalue weighted by Crippen LogP contribution is 2.52. The van der Waals surface area contributed by atoms with E-state index in [4.69, 9.17) is 5.26 Å². The molecule has 0 aliphatic rings. The van der Waals surface area contributed by atoms with E-state index in [-0.39, 0.29) is 6.07 Å². The Kier molecular flexibility index (Phi) is 5.69. The lowest BCUT2D eigenvalue weighted by Crippen LogP contribution is -2.62. The molecule has 0 aromatic carbocycles. The van der Waals surface area contributed by atoms with Crippen LogP contribution >= 0.6 is 0 Å². The molecule has 1 atom stereocenters. The summed E-state index contributed by atoms with van der Waals surface area (Å²) in [7, 11) is 0. The van der Waals surface area contributed by atoms with Crippen LogP contribution in [0.2, 0.25) is 0 Å². The Morgan fingerprint density at radius 3 is 1.38 bits per heavy atom. The minimum Gasteiger partial charge on any atom is -0.411 e. The van der Waals surface area contributed by atoms with E-state index >= 15 is 0 Å². The molecule has 16 heteroatoms. The summed E-state index contributed by atoms with van der Waals surface area (Å²) in [6, 6.07) is 0.00233. The van der Waals surface area contributed by atoms with Crippen molar-refractivity contribution in [3.05, 3.63) is 11.8 Å². The molecule has 3 nitrogen and oxygen atoms in total. The number of rotatable bonds is 5. The number of nitrogens with zero attached hydrogens (tertiary/aromatic N) is 1. The third-order valence-corrected chi connectivity index (χ3v) is 1.84. The monoisotopic (exact) mass is 389 g/mol. The predicted molar refractivity (Wildman–Crippen MR) is 42.9 cm³/mol. The van der Waals surface area contributed by atoms with Crippen molar-refractivity contribution in [2.75, 3.05) is 0 Å². The maximum Gasteiger partial charge on any atom is 0.483 e. The van der Waals surface area contributed by atoms with Gasteiger partial charge in [-0.3, -0.25) is 4.74 Å². The Morgan fingerprint density at radius 2 is 1.12 bits per heavy atom. The van der Waals surface area contributed by atoms with E-state index in [0.717, 1.165) is 0 Å². The van der Waals surface area contributed by atoms with Crippen molar-refractivity contribution in [3.8, 4) is 6.07 Å². The van der Waals surface area contributed by atoms with Gasteiger partial charge in [0.15, 0.2) is 0 Å². The number of allylic oxidation sites excluding steroid dienone is 1. The van der Waals surface area contributed by atoms with Gasteiger partial charge in [-0.15, -0.1) is 0 Å². The summed E-state index contributed by atoms with van der Waals surface area (Å²) in [6.45, 7) is 0. The van der Waals surface area contributed by atoms with Gasteiger partial charge >= 0.3 is 36.5 Å². The standard InChI is InChI=1S/C8F13NO2/c9-3(10)2(1-22)23-7(18,19)4(11,5(12,13)14)24-8(20,21)6(15,16)17. The molecular formula is C8F13NO2. The lowest BCUT2D eigenvalue weighted by atomic mass is 10.2. The van der Waals surface area contributed by atoms with Gasteiger partial charge in [0, 0.05) is 0 Å². The van der Waals surface area contributed by atoms with Crippen molar-refractivity contribution in [2.45, 2.75) is 30.4 Å². The molecule has 0 radical (unpaired) electrons. The first kappa shape index (κ1) is 22.1. The molecule has 0 heterocycles. The van der Waals surface area contributed by atoms with Crippen LogP contribution in [0, 0.1) is 11.3 Å². The van der Waals surface area contributed by atoms with Gasteiger partial charge in [-0.2, -0.15) is 62.3 Å². The zero-order chi connectivity index (χ0) is 19.8.